The van der Waals surface area contributed by atoms with Crippen LogP contribution in [0.2, 0.25) is 0 Å². The van der Waals surface area contributed by atoms with Gasteiger partial charge in [0.2, 0.25) is 5.91 Å². The van der Waals surface area contributed by atoms with E-state index in [1.54, 1.807) is 18.9 Å². The van der Waals surface area contributed by atoms with Crippen molar-refractivity contribution >= 4 is 11.8 Å². The number of nitrogens with zero attached hydrogens (tertiary/aromatic N) is 1. The van der Waals surface area contributed by atoms with Gasteiger partial charge in [0, 0.05) is 12.6 Å². The molecule has 0 heterocycles. The Balaban J connectivity index is 2.23. The average molecular weight is 441 g/mol. The Morgan fingerprint density at radius 3 is 2.47 bits per heavy atom. The molecular weight excluding hydrogens is 404 g/mol. The molecular formula is C26H36N2O4. The van der Waals surface area contributed by atoms with Crippen LogP contribution in [0, 0.1) is 20.8 Å². The molecule has 2 aromatic rings. The first-order chi connectivity index (χ1) is 15.2. The third-order valence-corrected chi connectivity index (χ3v) is 5.77. The van der Waals surface area contributed by atoms with E-state index in [4.69, 9.17) is 9.47 Å². The second kappa shape index (κ2) is 11.6. The molecule has 174 valence electrons. The molecule has 0 spiro atoms. The van der Waals surface area contributed by atoms with Crippen LogP contribution in [0.4, 0.5) is 0 Å². The van der Waals surface area contributed by atoms with Crippen molar-refractivity contribution in [2.45, 2.75) is 66.6 Å². The van der Waals surface area contributed by atoms with Gasteiger partial charge in [-0.1, -0.05) is 25.1 Å². The van der Waals surface area contributed by atoms with Crippen molar-refractivity contribution < 1.29 is 19.1 Å². The number of hydrogen-bond donors (Lipinski definition) is 1. The molecule has 0 saturated heterocycles. The quantitative estimate of drug-likeness (QED) is 0.597. The van der Waals surface area contributed by atoms with Gasteiger partial charge in [0.1, 0.15) is 17.5 Å². The standard InChI is InChI=1S/C26H36N2O4/c1-8-19(4)27-26(30)21(6)28(15-22-10-9-11-23(14-22)31-7)25(29)16-32-24-13-17(2)12-18(3)20(24)5/h9-14,19,21H,8,15-16H2,1-7H3,(H,27,30)/t19-,21-/m0/s1. The van der Waals surface area contributed by atoms with Crippen LogP contribution in [0.3, 0.4) is 0 Å². The zero-order valence-electron chi connectivity index (χ0n) is 20.3. The van der Waals surface area contributed by atoms with E-state index in [1.807, 2.05) is 65.0 Å². The van der Waals surface area contributed by atoms with Crippen LogP contribution in [0.15, 0.2) is 36.4 Å². The Kier molecular flexibility index (Phi) is 9.12. The van der Waals surface area contributed by atoms with Crippen molar-refractivity contribution in [2.75, 3.05) is 13.7 Å². The molecule has 0 bridgehead atoms. The van der Waals surface area contributed by atoms with Crippen LogP contribution in [-0.2, 0) is 16.1 Å². The lowest BCUT2D eigenvalue weighted by Crippen LogP contribution is -2.50. The molecule has 0 aliphatic heterocycles. The number of rotatable bonds is 10. The van der Waals surface area contributed by atoms with E-state index < -0.39 is 6.04 Å². The summed E-state index contributed by atoms with van der Waals surface area (Å²) in [5.41, 5.74) is 4.07. The predicted molar refractivity (Wildman–Crippen MR) is 127 cm³/mol. The van der Waals surface area contributed by atoms with E-state index in [9.17, 15) is 9.59 Å². The van der Waals surface area contributed by atoms with Gasteiger partial charge in [-0.2, -0.15) is 0 Å². The van der Waals surface area contributed by atoms with Crippen LogP contribution in [0.5, 0.6) is 11.5 Å². The van der Waals surface area contributed by atoms with E-state index in [0.717, 1.165) is 28.7 Å². The fourth-order valence-electron chi connectivity index (χ4n) is 3.39. The summed E-state index contributed by atoms with van der Waals surface area (Å²) in [6.07, 6.45) is 0.817. The molecule has 0 saturated carbocycles. The van der Waals surface area contributed by atoms with E-state index in [-0.39, 0.29) is 31.0 Å². The Labute approximate surface area is 191 Å². The maximum atomic E-state index is 13.2. The highest BCUT2D eigenvalue weighted by Crippen LogP contribution is 2.23. The lowest BCUT2D eigenvalue weighted by molar-refractivity contribution is -0.142. The van der Waals surface area contributed by atoms with E-state index >= 15 is 0 Å². The highest BCUT2D eigenvalue weighted by Gasteiger charge is 2.27. The van der Waals surface area contributed by atoms with Crippen LogP contribution < -0.4 is 14.8 Å². The summed E-state index contributed by atoms with van der Waals surface area (Å²) in [5, 5.41) is 2.97. The van der Waals surface area contributed by atoms with Gasteiger partial charge in [-0.05, 0) is 81.5 Å². The number of methoxy groups -OCH3 is 1. The van der Waals surface area contributed by atoms with Crippen molar-refractivity contribution in [3.05, 3.63) is 58.7 Å². The van der Waals surface area contributed by atoms with Crippen LogP contribution in [0.25, 0.3) is 0 Å². The summed E-state index contributed by atoms with van der Waals surface area (Å²) in [6.45, 7) is 11.8. The lowest BCUT2D eigenvalue weighted by atomic mass is 10.1. The summed E-state index contributed by atoms with van der Waals surface area (Å²) in [5.74, 6) is 0.957. The highest BCUT2D eigenvalue weighted by molar-refractivity contribution is 5.88. The Morgan fingerprint density at radius 2 is 1.81 bits per heavy atom. The first-order valence-corrected chi connectivity index (χ1v) is 11.1. The third-order valence-electron chi connectivity index (χ3n) is 5.77. The lowest BCUT2D eigenvalue weighted by Gasteiger charge is -2.30. The van der Waals surface area contributed by atoms with Gasteiger partial charge in [0.25, 0.3) is 5.91 Å². The van der Waals surface area contributed by atoms with Crippen LogP contribution in [-0.4, -0.2) is 42.5 Å². The summed E-state index contributed by atoms with van der Waals surface area (Å²) < 4.78 is 11.2. The minimum atomic E-state index is -0.647. The largest absolute Gasteiger partial charge is 0.497 e. The summed E-state index contributed by atoms with van der Waals surface area (Å²) in [4.78, 5) is 27.6. The minimum Gasteiger partial charge on any atom is -0.497 e. The predicted octanol–water partition coefficient (Wildman–Crippen LogP) is 4.33. The molecule has 2 rings (SSSR count). The second-order valence-corrected chi connectivity index (χ2v) is 8.36. The molecule has 0 aromatic heterocycles. The zero-order valence-corrected chi connectivity index (χ0v) is 20.3. The van der Waals surface area contributed by atoms with E-state index in [1.165, 1.54) is 0 Å². The molecule has 2 aromatic carbocycles. The summed E-state index contributed by atoms with van der Waals surface area (Å²) >= 11 is 0. The van der Waals surface area contributed by atoms with E-state index in [0.29, 0.717) is 11.5 Å². The molecule has 0 fully saturated rings. The number of aryl methyl sites for hydroxylation is 2. The second-order valence-electron chi connectivity index (χ2n) is 8.36. The number of carbonyl (C=O) groups excluding carboxylic acids is 2. The third kappa shape index (κ3) is 6.74. The van der Waals surface area contributed by atoms with E-state index in [2.05, 4.69) is 11.4 Å². The molecule has 0 aliphatic carbocycles. The van der Waals surface area contributed by atoms with Gasteiger partial charge in [-0.3, -0.25) is 9.59 Å². The van der Waals surface area contributed by atoms with Crippen molar-refractivity contribution in [1.82, 2.24) is 10.2 Å². The first kappa shape index (κ1) is 25.2. The minimum absolute atomic E-state index is 0.0351. The number of ether oxygens (including phenoxy) is 2. The monoisotopic (exact) mass is 440 g/mol. The van der Waals surface area contributed by atoms with Gasteiger partial charge in [-0.25, -0.2) is 0 Å². The van der Waals surface area contributed by atoms with Crippen molar-refractivity contribution in [1.29, 1.82) is 0 Å². The van der Waals surface area contributed by atoms with Crippen LogP contribution in [0.1, 0.15) is 49.4 Å². The number of hydrogen-bond acceptors (Lipinski definition) is 4. The molecule has 6 heteroatoms. The normalized spacial score (nSPS) is 12.6. The SMILES string of the molecule is CC[C@H](C)NC(=O)[C@H](C)N(Cc1cccc(OC)c1)C(=O)COc1cc(C)cc(C)c1C. The molecule has 6 nitrogen and oxygen atoms in total. The van der Waals surface area contributed by atoms with Gasteiger partial charge < -0.3 is 19.7 Å². The zero-order chi connectivity index (χ0) is 23.8. The number of carbonyl (C=O) groups is 2. The number of benzene rings is 2. The summed E-state index contributed by atoms with van der Waals surface area (Å²) in [6, 6.07) is 10.9. The Hall–Kier alpha value is -3.02. The maximum absolute atomic E-state index is 13.2. The molecule has 2 atom stereocenters. The van der Waals surface area contributed by atoms with Crippen molar-refractivity contribution in [3.8, 4) is 11.5 Å². The van der Waals surface area contributed by atoms with Gasteiger partial charge >= 0.3 is 0 Å². The average Bonchev–Trinajstić information content (AvgIpc) is 2.78. The number of amides is 2. The highest BCUT2D eigenvalue weighted by atomic mass is 16.5. The molecule has 0 unspecified atom stereocenters. The molecule has 2 amide bonds. The Morgan fingerprint density at radius 1 is 1.09 bits per heavy atom. The molecule has 0 aliphatic rings. The molecule has 32 heavy (non-hydrogen) atoms. The summed E-state index contributed by atoms with van der Waals surface area (Å²) in [7, 11) is 1.60. The fourth-order valence-corrected chi connectivity index (χ4v) is 3.39. The van der Waals surface area contributed by atoms with Gasteiger partial charge in [0.15, 0.2) is 6.61 Å². The molecule has 1 N–H and O–H groups in total. The molecule has 0 radical (unpaired) electrons. The van der Waals surface area contributed by atoms with Gasteiger partial charge in [-0.15, -0.1) is 0 Å². The maximum Gasteiger partial charge on any atom is 0.261 e. The number of nitrogens with one attached hydrogen (secondary N) is 1. The Bertz CT molecular complexity index is 941. The van der Waals surface area contributed by atoms with Crippen LogP contribution >= 0.6 is 0 Å². The topological polar surface area (TPSA) is 67.9 Å². The van der Waals surface area contributed by atoms with Gasteiger partial charge in [0.05, 0.1) is 7.11 Å². The smallest absolute Gasteiger partial charge is 0.261 e. The van der Waals surface area contributed by atoms with Crippen molar-refractivity contribution in [3.63, 3.8) is 0 Å². The van der Waals surface area contributed by atoms with Crippen molar-refractivity contribution in [2.24, 2.45) is 0 Å². The fraction of sp³-hybridized carbons (Fsp3) is 0.462. The first-order valence-electron chi connectivity index (χ1n) is 11.1.